The number of ether oxygens (including phenoxy) is 2. The zero-order valence-electron chi connectivity index (χ0n) is 17.7. The molecule has 1 aromatic carbocycles. The molecule has 4 rings (SSSR count). The topological polar surface area (TPSA) is 90.2 Å². The van der Waals surface area contributed by atoms with Crippen molar-refractivity contribution in [2.24, 2.45) is 0 Å². The second kappa shape index (κ2) is 9.09. The van der Waals surface area contributed by atoms with Gasteiger partial charge in [0.05, 0.1) is 53.2 Å². The minimum absolute atomic E-state index is 0.0438. The molecule has 1 atom stereocenters. The normalized spacial score (nSPS) is 16.9. The Morgan fingerprint density at radius 2 is 2.12 bits per heavy atom. The lowest BCUT2D eigenvalue weighted by Crippen LogP contribution is -2.46. The number of aryl methyl sites for hydroxylation is 1. The molecule has 2 aromatic heterocycles. The molecule has 12 heteroatoms. The van der Waals surface area contributed by atoms with Crippen LogP contribution in [0.25, 0.3) is 16.9 Å². The molecular weight excluding hydrogens is 496 g/mol. The van der Waals surface area contributed by atoms with E-state index in [-0.39, 0.29) is 22.8 Å². The monoisotopic (exact) mass is 515 g/mol. The summed E-state index contributed by atoms with van der Waals surface area (Å²) in [7, 11) is 2.50. The number of halogens is 3. The molecule has 3 heterocycles. The van der Waals surface area contributed by atoms with Crippen LogP contribution in [0.2, 0.25) is 5.02 Å². The average molecular weight is 516 g/mol. The predicted octanol–water partition coefficient (Wildman–Crippen LogP) is 4.04. The lowest BCUT2D eigenvalue weighted by molar-refractivity contribution is -0.0241. The average Bonchev–Trinajstić information content (AvgIpc) is 3.09. The molecule has 0 saturated carbocycles. The first-order chi connectivity index (χ1) is 15.6. The highest BCUT2D eigenvalue weighted by molar-refractivity contribution is 8.13. The number of benzene rings is 1. The van der Waals surface area contributed by atoms with Crippen molar-refractivity contribution in [3.8, 4) is 11.3 Å². The Labute approximate surface area is 199 Å². The van der Waals surface area contributed by atoms with E-state index in [1.807, 2.05) is 19.1 Å². The maximum atomic E-state index is 15.1. The molecule has 176 valence electrons. The van der Waals surface area contributed by atoms with Crippen molar-refractivity contribution >= 4 is 43.1 Å². The van der Waals surface area contributed by atoms with E-state index in [2.05, 4.69) is 4.98 Å². The van der Waals surface area contributed by atoms with Gasteiger partial charge in [0, 0.05) is 29.8 Å². The third-order valence-electron chi connectivity index (χ3n) is 5.41. The quantitative estimate of drug-likeness (QED) is 0.487. The number of hydrogen-bond acceptors (Lipinski definition) is 6. The number of carbonyl (C=O) groups is 1. The molecule has 0 aliphatic carbocycles. The second-order valence-electron chi connectivity index (χ2n) is 7.65. The zero-order valence-corrected chi connectivity index (χ0v) is 20.0. The van der Waals surface area contributed by atoms with Gasteiger partial charge in [-0.3, -0.25) is 0 Å². The molecule has 0 spiro atoms. The summed E-state index contributed by atoms with van der Waals surface area (Å²) in [5, 5.41) is -0.142. The van der Waals surface area contributed by atoms with Crippen molar-refractivity contribution in [1.82, 2.24) is 14.3 Å². The molecular formula is C21H20Cl2FN3O5S. The molecule has 0 N–H and O–H groups in total. The van der Waals surface area contributed by atoms with E-state index in [1.165, 1.54) is 12.0 Å². The van der Waals surface area contributed by atoms with E-state index < -0.39 is 32.0 Å². The lowest BCUT2D eigenvalue weighted by Gasteiger charge is -2.32. The van der Waals surface area contributed by atoms with Gasteiger partial charge in [0.15, 0.2) is 0 Å². The second-order valence-corrected chi connectivity index (χ2v) is 10.6. The van der Waals surface area contributed by atoms with Crippen molar-refractivity contribution < 1.29 is 27.1 Å². The molecule has 0 unspecified atom stereocenters. The maximum Gasteiger partial charge on any atom is 0.409 e. The van der Waals surface area contributed by atoms with Crippen molar-refractivity contribution in [2.75, 3.05) is 26.8 Å². The van der Waals surface area contributed by atoms with Gasteiger partial charge in [-0.2, -0.15) is 0 Å². The molecule has 1 fully saturated rings. The minimum atomic E-state index is -4.17. The van der Waals surface area contributed by atoms with E-state index in [1.54, 1.807) is 10.6 Å². The number of morpholine rings is 1. The highest BCUT2D eigenvalue weighted by Gasteiger charge is 2.29. The molecule has 0 bridgehead atoms. The number of pyridine rings is 1. The smallest absolute Gasteiger partial charge is 0.409 e. The number of aromatic nitrogens is 2. The van der Waals surface area contributed by atoms with E-state index in [4.69, 9.17) is 31.8 Å². The number of nitrogens with zero attached hydrogens (tertiary/aromatic N) is 3. The van der Waals surface area contributed by atoms with Crippen molar-refractivity contribution in [3.63, 3.8) is 0 Å². The third kappa shape index (κ3) is 4.79. The third-order valence-corrected chi connectivity index (χ3v) is 7.04. The Morgan fingerprint density at radius 1 is 1.36 bits per heavy atom. The van der Waals surface area contributed by atoms with Gasteiger partial charge in [-0.25, -0.2) is 22.6 Å². The number of rotatable bonds is 4. The Balaban J connectivity index is 1.82. The summed E-state index contributed by atoms with van der Waals surface area (Å²) in [6, 6.07) is 5.63. The standard InChI is InChI=1S/C21H20Cl2FN3O5S/c1-12-3-4-27-17(8-13-11-26(5-6-32-13)21(28)31-2)20(25-18(27)7-12)19-15(22)9-14(10-16(19)24)33(23,29)30/h3-4,7,9-10,13H,5-6,8,11H2,1-2H3/t13-/m0/s1. The first-order valence-corrected chi connectivity index (χ1v) is 12.6. The first kappa shape index (κ1) is 23.7. The van der Waals surface area contributed by atoms with Crippen molar-refractivity contribution in [3.05, 3.63) is 52.6 Å². The minimum Gasteiger partial charge on any atom is -0.453 e. The molecule has 1 amide bonds. The van der Waals surface area contributed by atoms with Crippen LogP contribution in [-0.4, -0.2) is 61.7 Å². The summed E-state index contributed by atoms with van der Waals surface area (Å²) in [6.07, 6.45) is 1.24. The Bertz CT molecular complexity index is 1320. The molecule has 1 aliphatic heterocycles. The van der Waals surface area contributed by atoms with Crippen LogP contribution >= 0.6 is 22.3 Å². The number of fused-ring (bicyclic) bond motifs is 1. The van der Waals surface area contributed by atoms with E-state index in [0.717, 1.165) is 17.7 Å². The van der Waals surface area contributed by atoms with Crippen molar-refractivity contribution in [2.45, 2.75) is 24.3 Å². The summed E-state index contributed by atoms with van der Waals surface area (Å²) >= 11 is 6.32. The highest BCUT2D eigenvalue weighted by Crippen LogP contribution is 2.36. The Kier molecular flexibility index (Phi) is 6.54. The van der Waals surface area contributed by atoms with Gasteiger partial charge in [-0.1, -0.05) is 11.6 Å². The highest BCUT2D eigenvalue weighted by atomic mass is 35.7. The van der Waals surface area contributed by atoms with E-state index in [0.29, 0.717) is 30.9 Å². The van der Waals surface area contributed by atoms with Crippen LogP contribution in [0.5, 0.6) is 0 Å². The largest absolute Gasteiger partial charge is 0.453 e. The number of amides is 1. The first-order valence-electron chi connectivity index (χ1n) is 9.94. The van der Waals surface area contributed by atoms with Gasteiger partial charge in [-0.05, 0) is 36.8 Å². The van der Waals surface area contributed by atoms with Crippen LogP contribution in [0, 0.1) is 12.7 Å². The zero-order chi connectivity index (χ0) is 23.9. The van der Waals surface area contributed by atoms with Gasteiger partial charge in [0.25, 0.3) is 9.05 Å². The summed E-state index contributed by atoms with van der Waals surface area (Å²) in [5.74, 6) is -0.871. The fourth-order valence-corrected chi connectivity index (χ4v) is 4.99. The summed E-state index contributed by atoms with van der Waals surface area (Å²) in [6.45, 7) is 2.91. The summed E-state index contributed by atoms with van der Waals surface area (Å²) in [4.78, 5) is 17.6. The van der Waals surface area contributed by atoms with Crippen LogP contribution in [0.3, 0.4) is 0 Å². The Hall–Kier alpha value is -2.40. The van der Waals surface area contributed by atoms with Gasteiger partial charge in [-0.15, -0.1) is 0 Å². The molecule has 1 saturated heterocycles. The van der Waals surface area contributed by atoms with Crippen LogP contribution < -0.4 is 0 Å². The fraction of sp³-hybridized carbons (Fsp3) is 0.333. The lowest BCUT2D eigenvalue weighted by atomic mass is 10.0. The van der Waals surface area contributed by atoms with Crippen LogP contribution in [0.1, 0.15) is 11.3 Å². The molecule has 1 aliphatic rings. The van der Waals surface area contributed by atoms with Gasteiger partial charge in [0.1, 0.15) is 11.5 Å². The summed E-state index contributed by atoms with van der Waals surface area (Å²) in [5.41, 5.74) is 2.32. The number of carbonyl (C=O) groups excluding carboxylic acids is 1. The van der Waals surface area contributed by atoms with Crippen LogP contribution in [0.4, 0.5) is 9.18 Å². The van der Waals surface area contributed by atoms with E-state index >= 15 is 4.39 Å². The Morgan fingerprint density at radius 3 is 2.79 bits per heavy atom. The van der Waals surface area contributed by atoms with Gasteiger partial charge >= 0.3 is 6.09 Å². The molecule has 33 heavy (non-hydrogen) atoms. The molecule has 8 nitrogen and oxygen atoms in total. The number of methoxy groups -OCH3 is 1. The molecule has 3 aromatic rings. The van der Waals surface area contributed by atoms with Crippen LogP contribution in [-0.2, 0) is 24.9 Å². The number of hydrogen-bond donors (Lipinski definition) is 0. The predicted molar refractivity (Wildman–Crippen MR) is 121 cm³/mol. The summed E-state index contributed by atoms with van der Waals surface area (Å²) < 4.78 is 50.9. The molecule has 0 radical (unpaired) electrons. The van der Waals surface area contributed by atoms with Crippen LogP contribution in [0.15, 0.2) is 35.4 Å². The van der Waals surface area contributed by atoms with E-state index in [9.17, 15) is 13.2 Å². The van der Waals surface area contributed by atoms with Gasteiger partial charge in [0.2, 0.25) is 0 Å². The van der Waals surface area contributed by atoms with Crippen molar-refractivity contribution in [1.29, 1.82) is 0 Å². The van der Waals surface area contributed by atoms with Gasteiger partial charge < -0.3 is 18.8 Å². The number of imidazole rings is 1. The fourth-order valence-electron chi connectivity index (χ4n) is 3.86. The SMILES string of the molecule is COC(=O)N1CCO[C@@H](Cc2c(-c3c(F)cc(S(=O)(=O)Cl)cc3Cl)nc3cc(C)ccn23)C1. The maximum absolute atomic E-state index is 15.1.